The number of amides is 1. The van der Waals surface area contributed by atoms with Crippen molar-refractivity contribution in [2.24, 2.45) is 5.92 Å². The number of aromatic amines is 1. The number of likely N-dealkylation sites (tertiary alicyclic amines) is 1. The number of ether oxygens (including phenoxy) is 3. The Morgan fingerprint density at radius 3 is 2.29 bits per heavy atom. The summed E-state index contributed by atoms with van der Waals surface area (Å²) < 4.78 is 15.8. The number of rotatable bonds is 8. The van der Waals surface area contributed by atoms with Crippen LogP contribution in [0, 0.1) is 5.92 Å². The van der Waals surface area contributed by atoms with E-state index in [4.69, 9.17) is 14.2 Å². The van der Waals surface area contributed by atoms with Crippen molar-refractivity contribution in [2.75, 3.05) is 27.7 Å². The third-order valence-corrected chi connectivity index (χ3v) is 5.81. The van der Waals surface area contributed by atoms with Crippen LogP contribution in [-0.2, 0) is 25.4 Å². The molecule has 2 fully saturated rings. The first-order valence-electron chi connectivity index (χ1n) is 11.6. The van der Waals surface area contributed by atoms with Gasteiger partial charge >= 0.3 is 0 Å². The number of carbonyl (C=O) groups is 1. The van der Waals surface area contributed by atoms with E-state index in [9.17, 15) is 9.59 Å². The Morgan fingerprint density at radius 2 is 1.81 bits per heavy atom. The summed E-state index contributed by atoms with van der Waals surface area (Å²) in [5.74, 6) is 0.886. The van der Waals surface area contributed by atoms with E-state index in [0.29, 0.717) is 12.1 Å². The smallest absolute Gasteiger partial charge is 0.259 e. The Kier molecular flexibility index (Phi) is 12.7. The molecule has 0 aromatic carbocycles. The van der Waals surface area contributed by atoms with Crippen molar-refractivity contribution in [2.45, 2.75) is 84.3 Å². The van der Waals surface area contributed by atoms with Gasteiger partial charge in [-0.05, 0) is 12.3 Å². The molecule has 178 valence electrons. The zero-order valence-corrected chi connectivity index (χ0v) is 20.2. The summed E-state index contributed by atoms with van der Waals surface area (Å²) in [5, 5.41) is 0. The maximum Gasteiger partial charge on any atom is 0.259 e. The number of pyridine rings is 1. The third kappa shape index (κ3) is 7.44. The lowest BCUT2D eigenvalue weighted by Gasteiger charge is -2.54. The predicted molar refractivity (Wildman–Crippen MR) is 123 cm³/mol. The number of nitrogens with one attached hydrogen (secondary N) is 1. The van der Waals surface area contributed by atoms with Crippen molar-refractivity contribution >= 4 is 5.91 Å². The van der Waals surface area contributed by atoms with Crippen LogP contribution in [0.3, 0.4) is 0 Å². The Morgan fingerprint density at radius 1 is 1.13 bits per heavy atom. The summed E-state index contributed by atoms with van der Waals surface area (Å²) in [7, 11) is 3.06. The van der Waals surface area contributed by atoms with Crippen LogP contribution in [0.4, 0.5) is 0 Å². The van der Waals surface area contributed by atoms with E-state index < -0.39 is 5.60 Å². The highest BCUT2D eigenvalue weighted by Crippen LogP contribution is 2.39. The van der Waals surface area contributed by atoms with Crippen molar-refractivity contribution in [1.82, 2.24) is 9.88 Å². The molecule has 2 unspecified atom stereocenters. The number of hydrogen-bond acceptors (Lipinski definition) is 5. The second-order valence-corrected chi connectivity index (χ2v) is 8.03. The second-order valence-electron chi connectivity index (χ2n) is 8.03. The molecule has 2 atom stereocenters. The lowest BCUT2D eigenvalue weighted by atomic mass is 9.77. The first-order chi connectivity index (χ1) is 15.0. The van der Waals surface area contributed by atoms with E-state index in [2.05, 4.69) is 11.9 Å². The van der Waals surface area contributed by atoms with Crippen LogP contribution in [0.15, 0.2) is 23.1 Å². The molecule has 2 aliphatic rings. The van der Waals surface area contributed by atoms with Crippen molar-refractivity contribution in [1.29, 1.82) is 0 Å². The molecular weight excluding hydrogens is 396 g/mol. The van der Waals surface area contributed by atoms with Gasteiger partial charge in [-0.1, -0.05) is 59.8 Å². The van der Waals surface area contributed by atoms with Gasteiger partial charge in [-0.15, -0.1) is 0 Å². The molecule has 7 nitrogen and oxygen atoms in total. The largest absolute Gasteiger partial charge is 0.365 e. The minimum atomic E-state index is -1.02. The minimum absolute atomic E-state index is 0.0140. The molecule has 1 amide bonds. The van der Waals surface area contributed by atoms with Crippen molar-refractivity contribution < 1.29 is 19.0 Å². The quantitative estimate of drug-likeness (QED) is 0.488. The maximum atomic E-state index is 12.6. The van der Waals surface area contributed by atoms with Crippen LogP contribution < -0.4 is 5.43 Å². The van der Waals surface area contributed by atoms with E-state index in [-0.39, 0.29) is 30.9 Å². The standard InChI is InChI=1S/C15H22N2O5.C7H14.C2H6/c1-4-13-15(22-10-21-3,14(19)17(13)9-20-2)8-11-7-12(18)5-6-16-11;1-7-5-3-2-4-6-7;1-2/h5-7,13H,4,8-10H2,1-3H3,(H,16,18);7H,2-6H2,1H3;1-2H3. The second kappa shape index (κ2) is 14.4. The molecule has 1 saturated carbocycles. The lowest BCUT2D eigenvalue weighted by molar-refractivity contribution is -0.233. The molecule has 1 saturated heterocycles. The fraction of sp³-hybridized carbons (Fsp3) is 0.750. The highest BCUT2D eigenvalue weighted by molar-refractivity contribution is 5.93. The van der Waals surface area contributed by atoms with E-state index in [1.54, 1.807) is 18.2 Å². The molecule has 1 aromatic heterocycles. The monoisotopic (exact) mass is 438 g/mol. The van der Waals surface area contributed by atoms with E-state index in [0.717, 1.165) is 12.3 Å². The van der Waals surface area contributed by atoms with Gasteiger partial charge in [0.05, 0.1) is 6.04 Å². The van der Waals surface area contributed by atoms with E-state index >= 15 is 0 Å². The Hall–Kier alpha value is -1.70. The molecule has 3 rings (SSSR count). The van der Waals surface area contributed by atoms with Crippen molar-refractivity contribution in [3.8, 4) is 0 Å². The summed E-state index contributed by atoms with van der Waals surface area (Å²) in [6, 6.07) is 2.79. The predicted octanol–water partition coefficient (Wildman–Crippen LogP) is 4.11. The van der Waals surface area contributed by atoms with Crippen LogP contribution in [0.5, 0.6) is 0 Å². The zero-order chi connectivity index (χ0) is 23.3. The maximum absolute atomic E-state index is 12.6. The minimum Gasteiger partial charge on any atom is -0.365 e. The molecule has 1 aromatic rings. The van der Waals surface area contributed by atoms with Crippen LogP contribution in [0.1, 0.15) is 71.9 Å². The molecule has 0 radical (unpaired) electrons. The normalized spacial score (nSPS) is 23.2. The molecular formula is C24H42N2O5. The Balaban J connectivity index is 0.000000447. The fourth-order valence-electron chi connectivity index (χ4n) is 4.30. The molecule has 0 spiro atoms. The van der Waals surface area contributed by atoms with E-state index in [1.165, 1.54) is 51.3 Å². The molecule has 1 aliphatic carbocycles. The summed E-state index contributed by atoms with van der Waals surface area (Å²) >= 11 is 0. The number of nitrogens with zero attached hydrogens (tertiary/aromatic N) is 1. The van der Waals surface area contributed by atoms with Crippen LogP contribution in [0.2, 0.25) is 0 Å². The molecule has 1 N–H and O–H groups in total. The number of aromatic nitrogens is 1. The average molecular weight is 439 g/mol. The summed E-state index contributed by atoms with van der Waals surface area (Å²) in [6.45, 7) is 8.58. The number of H-pyrrole nitrogens is 1. The van der Waals surface area contributed by atoms with Gasteiger partial charge in [0.2, 0.25) is 0 Å². The highest BCUT2D eigenvalue weighted by atomic mass is 16.7. The van der Waals surface area contributed by atoms with Gasteiger partial charge in [0.25, 0.3) is 5.91 Å². The average Bonchev–Trinajstić information content (AvgIpc) is 2.79. The van der Waals surface area contributed by atoms with Crippen LogP contribution >= 0.6 is 0 Å². The lowest BCUT2D eigenvalue weighted by Crippen LogP contribution is -2.76. The van der Waals surface area contributed by atoms with Crippen LogP contribution in [-0.4, -0.2) is 55.2 Å². The first-order valence-corrected chi connectivity index (χ1v) is 11.6. The van der Waals surface area contributed by atoms with Gasteiger partial charge in [-0.25, -0.2) is 0 Å². The van der Waals surface area contributed by atoms with Crippen LogP contribution in [0.25, 0.3) is 0 Å². The van der Waals surface area contributed by atoms with Gasteiger partial charge in [-0.3, -0.25) is 9.59 Å². The fourth-order valence-corrected chi connectivity index (χ4v) is 4.30. The first kappa shape index (κ1) is 27.3. The summed E-state index contributed by atoms with van der Waals surface area (Å²) in [4.78, 5) is 28.7. The van der Waals surface area contributed by atoms with Gasteiger partial charge in [0.1, 0.15) is 13.5 Å². The molecule has 7 heteroatoms. The summed E-state index contributed by atoms with van der Waals surface area (Å²) in [5.41, 5.74) is -0.468. The zero-order valence-electron chi connectivity index (χ0n) is 20.2. The molecule has 2 heterocycles. The third-order valence-electron chi connectivity index (χ3n) is 5.81. The van der Waals surface area contributed by atoms with Crippen molar-refractivity contribution in [3.05, 3.63) is 34.2 Å². The van der Waals surface area contributed by atoms with E-state index in [1.807, 2.05) is 20.8 Å². The molecule has 1 aliphatic heterocycles. The van der Waals surface area contributed by atoms with Gasteiger partial charge in [0, 0.05) is 44.7 Å². The Labute approximate surface area is 187 Å². The molecule has 0 bridgehead atoms. The van der Waals surface area contributed by atoms with Gasteiger partial charge < -0.3 is 24.1 Å². The summed E-state index contributed by atoms with van der Waals surface area (Å²) in [6.07, 6.45) is 10.0. The van der Waals surface area contributed by atoms with Crippen molar-refractivity contribution in [3.63, 3.8) is 0 Å². The SMILES string of the molecule is CC.CC1CCCCC1.CCC1N(COC)C(=O)C1(Cc1cc(=O)cc[nH]1)OCOC. The van der Waals surface area contributed by atoms with Gasteiger partial charge in [-0.2, -0.15) is 0 Å². The number of methoxy groups -OCH3 is 2. The number of hydrogen-bond donors (Lipinski definition) is 1. The topological polar surface area (TPSA) is 80.9 Å². The van der Waals surface area contributed by atoms with Gasteiger partial charge in [0.15, 0.2) is 11.0 Å². The molecule has 31 heavy (non-hydrogen) atoms. The number of carbonyl (C=O) groups excluding carboxylic acids is 1. The Bertz CT molecular complexity index is 687. The highest BCUT2D eigenvalue weighted by Gasteiger charge is 2.61. The number of β-lactam (4-membered cyclic amide) rings is 1.